The van der Waals surface area contributed by atoms with Crippen molar-refractivity contribution in [2.45, 2.75) is 19.9 Å². The molecule has 2 aliphatic heterocycles. The maximum atomic E-state index is 13.0. The minimum atomic E-state index is -0.552. The number of ether oxygens (including phenoxy) is 1. The summed E-state index contributed by atoms with van der Waals surface area (Å²) in [4.78, 5) is 30.0. The van der Waals surface area contributed by atoms with Crippen LogP contribution in [0.15, 0.2) is 59.8 Å². The van der Waals surface area contributed by atoms with Gasteiger partial charge in [0.15, 0.2) is 0 Å². The average molecular weight is 469 g/mol. The summed E-state index contributed by atoms with van der Waals surface area (Å²) in [6.07, 6.45) is 0. The average Bonchev–Trinajstić information content (AvgIpc) is 2.80. The van der Waals surface area contributed by atoms with Crippen molar-refractivity contribution >= 4 is 29.3 Å². The maximum Gasteiger partial charge on any atom is 0.338 e. The van der Waals surface area contributed by atoms with Crippen LogP contribution in [0, 0.1) is 6.92 Å². The molecule has 0 aromatic heterocycles. The van der Waals surface area contributed by atoms with Crippen LogP contribution < -0.4 is 15.5 Å². The number of nitrogens with one attached hydrogen (secondary N) is 2. The molecule has 0 radical (unpaired) electrons. The van der Waals surface area contributed by atoms with Crippen molar-refractivity contribution in [1.82, 2.24) is 15.5 Å². The number of halogens is 1. The highest BCUT2D eigenvalue weighted by atomic mass is 35.5. The Balaban J connectivity index is 1.54. The lowest BCUT2D eigenvalue weighted by molar-refractivity contribution is -0.139. The fourth-order valence-electron chi connectivity index (χ4n) is 4.24. The van der Waals surface area contributed by atoms with Gasteiger partial charge in [0.1, 0.15) is 0 Å². The van der Waals surface area contributed by atoms with Gasteiger partial charge in [0, 0.05) is 49.1 Å². The van der Waals surface area contributed by atoms with Crippen molar-refractivity contribution in [2.75, 3.05) is 44.2 Å². The summed E-state index contributed by atoms with van der Waals surface area (Å²) in [6.45, 7) is 7.82. The highest BCUT2D eigenvalue weighted by Gasteiger charge is 2.34. The van der Waals surface area contributed by atoms with Gasteiger partial charge >= 0.3 is 12.0 Å². The SMILES string of the molecule is CCOC(=O)C1=C(CN2CCN(c3ccc(Cl)cc3)CC2)NC(=O)NC1c1ccc(C)cc1. The van der Waals surface area contributed by atoms with Gasteiger partial charge in [0.25, 0.3) is 0 Å². The van der Waals surface area contributed by atoms with E-state index in [4.69, 9.17) is 16.3 Å². The van der Waals surface area contributed by atoms with Gasteiger partial charge in [-0.05, 0) is 43.7 Å². The Morgan fingerprint density at radius 2 is 1.73 bits per heavy atom. The van der Waals surface area contributed by atoms with E-state index < -0.39 is 12.0 Å². The molecule has 4 rings (SSSR count). The van der Waals surface area contributed by atoms with Crippen LogP contribution >= 0.6 is 11.6 Å². The standard InChI is InChI=1S/C25H29ClN4O3/c1-3-33-24(31)22-21(27-25(32)28-23(22)18-6-4-17(2)5-7-18)16-29-12-14-30(15-13-29)20-10-8-19(26)9-11-20/h4-11,23H,3,12-16H2,1-2H3,(H2,27,28,32). The number of piperazine rings is 1. The topological polar surface area (TPSA) is 73.9 Å². The van der Waals surface area contributed by atoms with E-state index in [2.05, 4.69) is 20.4 Å². The quantitative estimate of drug-likeness (QED) is 0.633. The lowest BCUT2D eigenvalue weighted by Crippen LogP contribution is -2.51. The van der Waals surface area contributed by atoms with Gasteiger partial charge in [-0.15, -0.1) is 0 Å². The molecule has 0 aliphatic carbocycles. The Kier molecular flexibility index (Phi) is 7.20. The summed E-state index contributed by atoms with van der Waals surface area (Å²) < 4.78 is 5.37. The fourth-order valence-corrected chi connectivity index (χ4v) is 4.37. The number of nitrogens with zero attached hydrogens (tertiary/aromatic N) is 2. The Morgan fingerprint density at radius 3 is 2.36 bits per heavy atom. The number of esters is 1. The molecule has 1 unspecified atom stereocenters. The van der Waals surface area contributed by atoms with Crippen LogP contribution in [-0.4, -0.2) is 56.2 Å². The smallest absolute Gasteiger partial charge is 0.338 e. The lowest BCUT2D eigenvalue weighted by atomic mass is 9.94. The Bertz CT molecular complexity index is 1030. The summed E-state index contributed by atoms with van der Waals surface area (Å²) in [5.74, 6) is -0.412. The van der Waals surface area contributed by atoms with Crippen LogP contribution in [0.25, 0.3) is 0 Å². The van der Waals surface area contributed by atoms with Crippen molar-refractivity contribution < 1.29 is 14.3 Å². The number of benzene rings is 2. The van der Waals surface area contributed by atoms with Gasteiger partial charge in [-0.2, -0.15) is 0 Å². The van der Waals surface area contributed by atoms with Gasteiger partial charge in [0.05, 0.1) is 18.2 Å². The van der Waals surface area contributed by atoms with Crippen LogP contribution in [0.2, 0.25) is 5.02 Å². The minimum absolute atomic E-state index is 0.268. The van der Waals surface area contributed by atoms with Crippen molar-refractivity contribution in [3.05, 3.63) is 76.0 Å². The van der Waals surface area contributed by atoms with E-state index in [1.54, 1.807) is 6.92 Å². The first kappa shape index (κ1) is 23.1. The molecule has 33 heavy (non-hydrogen) atoms. The largest absolute Gasteiger partial charge is 0.463 e. The number of carbonyl (C=O) groups excluding carboxylic acids is 2. The number of anilines is 1. The number of rotatable bonds is 6. The zero-order chi connectivity index (χ0) is 23.4. The fraction of sp³-hybridized carbons (Fsp3) is 0.360. The molecule has 7 nitrogen and oxygen atoms in total. The number of urea groups is 1. The molecular weight excluding hydrogens is 440 g/mol. The molecule has 0 bridgehead atoms. The molecule has 8 heteroatoms. The molecule has 2 heterocycles. The number of amides is 2. The van der Waals surface area contributed by atoms with Crippen LogP contribution in [0.1, 0.15) is 24.1 Å². The predicted octanol–water partition coefficient (Wildman–Crippen LogP) is 3.64. The zero-order valence-corrected chi connectivity index (χ0v) is 19.7. The first-order chi connectivity index (χ1) is 15.9. The molecule has 1 atom stereocenters. The first-order valence-electron chi connectivity index (χ1n) is 11.2. The zero-order valence-electron chi connectivity index (χ0n) is 18.9. The molecule has 1 saturated heterocycles. The molecular formula is C25H29ClN4O3. The number of hydrogen-bond acceptors (Lipinski definition) is 5. The van der Waals surface area contributed by atoms with Gasteiger partial charge in [-0.3, -0.25) is 4.90 Å². The second kappa shape index (κ2) is 10.3. The molecule has 174 valence electrons. The molecule has 2 aromatic carbocycles. The van der Waals surface area contributed by atoms with E-state index in [-0.39, 0.29) is 12.6 Å². The molecule has 0 saturated carbocycles. The second-order valence-corrected chi connectivity index (χ2v) is 8.73. The highest BCUT2D eigenvalue weighted by molar-refractivity contribution is 6.30. The van der Waals surface area contributed by atoms with Crippen molar-refractivity contribution in [3.63, 3.8) is 0 Å². The van der Waals surface area contributed by atoms with Crippen molar-refractivity contribution in [1.29, 1.82) is 0 Å². The van der Waals surface area contributed by atoms with Crippen LogP contribution in [0.3, 0.4) is 0 Å². The van der Waals surface area contributed by atoms with E-state index in [9.17, 15) is 9.59 Å². The molecule has 2 aliphatic rings. The van der Waals surface area contributed by atoms with E-state index >= 15 is 0 Å². The Labute approximate surface area is 199 Å². The third-order valence-corrected chi connectivity index (χ3v) is 6.26. The molecule has 2 aromatic rings. The number of hydrogen-bond donors (Lipinski definition) is 2. The summed E-state index contributed by atoms with van der Waals surface area (Å²) in [5.41, 5.74) is 4.16. The highest BCUT2D eigenvalue weighted by Crippen LogP contribution is 2.29. The van der Waals surface area contributed by atoms with E-state index in [1.807, 2.05) is 55.5 Å². The van der Waals surface area contributed by atoms with Crippen LogP contribution in [0.4, 0.5) is 10.5 Å². The first-order valence-corrected chi connectivity index (χ1v) is 11.6. The van der Waals surface area contributed by atoms with Gasteiger partial charge in [0.2, 0.25) is 0 Å². The Morgan fingerprint density at radius 1 is 1.06 bits per heavy atom. The van der Waals surface area contributed by atoms with E-state index in [0.717, 1.165) is 48.0 Å². The van der Waals surface area contributed by atoms with Crippen molar-refractivity contribution in [3.8, 4) is 0 Å². The van der Waals surface area contributed by atoms with Crippen LogP contribution in [-0.2, 0) is 9.53 Å². The van der Waals surface area contributed by atoms with Crippen molar-refractivity contribution in [2.24, 2.45) is 0 Å². The third-order valence-electron chi connectivity index (χ3n) is 6.01. The molecule has 2 N–H and O–H groups in total. The van der Waals surface area contributed by atoms with E-state index in [0.29, 0.717) is 17.8 Å². The van der Waals surface area contributed by atoms with Crippen LogP contribution in [0.5, 0.6) is 0 Å². The summed E-state index contributed by atoms with van der Waals surface area (Å²) in [6, 6.07) is 14.8. The van der Waals surface area contributed by atoms with Gasteiger partial charge in [-0.1, -0.05) is 41.4 Å². The number of carbonyl (C=O) groups is 2. The third kappa shape index (κ3) is 5.49. The summed E-state index contributed by atoms with van der Waals surface area (Å²) in [7, 11) is 0. The number of aryl methyl sites for hydroxylation is 1. The second-order valence-electron chi connectivity index (χ2n) is 8.29. The lowest BCUT2D eigenvalue weighted by Gasteiger charge is -2.38. The monoisotopic (exact) mass is 468 g/mol. The van der Waals surface area contributed by atoms with Gasteiger partial charge < -0.3 is 20.3 Å². The minimum Gasteiger partial charge on any atom is -0.463 e. The Hall–Kier alpha value is -3.03. The molecule has 2 amide bonds. The normalized spacial score (nSPS) is 19.2. The summed E-state index contributed by atoms with van der Waals surface area (Å²) >= 11 is 6.01. The van der Waals surface area contributed by atoms with Gasteiger partial charge in [-0.25, -0.2) is 9.59 Å². The summed E-state index contributed by atoms with van der Waals surface area (Å²) in [5, 5.41) is 6.49. The maximum absolute atomic E-state index is 13.0. The molecule has 0 spiro atoms. The van der Waals surface area contributed by atoms with E-state index in [1.165, 1.54) is 0 Å². The molecule has 1 fully saturated rings. The predicted molar refractivity (Wildman–Crippen MR) is 129 cm³/mol.